The van der Waals surface area contributed by atoms with Gasteiger partial charge < -0.3 is 25.0 Å². The van der Waals surface area contributed by atoms with Crippen molar-refractivity contribution in [1.29, 1.82) is 0 Å². The molecule has 1 aliphatic rings. The van der Waals surface area contributed by atoms with Crippen molar-refractivity contribution in [3.63, 3.8) is 0 Å². The third-order valence-electron chi connectivity index (χ3n) is 4.11. The molecule has 0 spiro atoms. The van der Waals surface area contributed by atoms with Crippen molar-refractivity contribution >= 4 is 34.8 Å². The second kappa shape index (κ2) is 8.85. The molecule has 28 heavy (non-hydrogen) atoms. The van der Waals surface area contributed by atoms with E-state index in [4.69, 9.17) is 25.2 Å². The molecule has 148 valence electrons. The summed E-state index contributed by atoms with van der Waals surface area (Å²) in [5, 5.41) is 12.1. The van der Waals surface area contributed by atoms with Crippen LogP contribution >= 0.6 is 11.6 Å². The monoisotopic (exact) mass is 408 g/mol. The average Bonchev–Trinajstić information content (AvgIpc) is 2.72. The fourth-order valence-corrected chi connectivity index (χ4v) is 2.94. The maximum atomic E-state index is 13.0. The van der Waals surface area contributed by atoms with Crippen LogP contribution in [0.4, 0.5) is 11.4 Å². The highest BCUT2D eigenvalue weighted by atomic mass is 35.5. The molecular formula is C18H20ClN5O4. The van der Waals surface area contributed by atoms with Gasteiger partial charge >= 0.3 is 0 Å². The summed E-state index contributed by atoms with van der Waals surface area (Å²) in [4.78, 5) is 27.0. The number of rotatable bonds is 5. The molecule has 0 aliphatic carbocycles. The van der Waals surface area contributed by atoms with Crippen LogP contribution in [0.25, 0.3) is 0 Å². The number of halogens is 1. The van der Waals surface area contributed by atoms with Gasteiger partial charge in [-0.1, -0.05) is 17.7 Å². The highest BCUT2D eigenvalue weighted by Crippen LogP contribution is 2.33. The first-order valence-corrected chi connectivity index (χ1v) is 8.74. The number of ether oxygens (including phenoxy) is 2. The van der Waals surface area contributed by atoms with Gasteiger partial charge in [-0.2, -0.15) is 0 Å². The molecule has 10 heteroatoms. The topological polar surface area (TPSA) is 106 Å². The molecule has 2 N–H and O–H groups in total. The Labute approximate surface area is 171 Å². The number of morpholine rings is 1. The lowest BCUT2D eigenvalue weighted by Gasteiger charge is -2.27. The number of carbonyl (C=O) groups is 2. The number of carbonyl (C=O) groups excluding carboxylic acids is 2. The number of nitrogens with one attached hydrogen (secondary N) is 2. The first-order valence-electron chi connectivity index (χ1n) is 9.86. The van der Waals surface area contributed by atoms with Crippen molar-refractivity contribution in [2.24, 2.45) is 0 Å². The molecule has 1 fully saturated rings. The van der Waals surface area contributed by atoms with Crippen molar-refractivity contribution in [1.82, 2.24) is 20.4 Å². The van der Waals surface area contributed by atoms with Gasteiger partial charge in [0.2, 0.25) is 0 Å². The van der Waals surface area contributed by atoms with Gasteiger partial charge in [0.15, 0.2) is 16.6 Å². The summed E-state index contributed by atoms with van der Waals surface area (Å²) in [7, 11) is 1.41. The summed E-state index contributed by atoms with van der Waals surface area (Å²) in [6.45, 7) is -0.881. The maximum absolute atomic E-state index is 13.0. The summed E-state index contributed by atoms with van der Waals surface area (Å²) in [5.41, 5.74) is 0.480. The molecule has 1 aromatic heterocycles. The Morgan fingerprint density at radius 1 is 1.29 bits per heavy atom. The molecule has 1 aromatic carbocycles. The molecule has 2 amide bonds. The lowest BCUT2D eigenvalue weighted by Crippen LogP contribution is -2.40. The molecule has 0 radical (unpaired) electrons. The molecule has 0 unspecified atom stereocenters. The Kier molecular flexibility index (Phi) is 5.08. The number of nitrogens with zero attached hydrogens (tertiary/aromatic N) is 3. The zero-order valence-electron chi connectivity index (χ0n) is 18.0. The molecule has 0 bridgehead atoms. The summed E-state index contributed by atoms with van der Waals surface area (Å²) < 4.78 is 32.4. The highest BCUT2D eigenvalue weighted by molar-refractivity contribution is 6.29. The number of aromatic nitrogens is 2. The number of hydrogen-bond donors (Lipinski definition) is 2. The van der Waals surface area contributed by atoms with E-state index in [0.717, 1.165) is 0 Å². The van der Waals surface area contributed by atoms with Crippen LogP contribution in [0.5, 0.6) is 5.75 Å². The van der Waals surface area contributed by atoms with E-state index in [2.05, 4.69) is 15.5 Å². The number of hydrogen-bond acceptors (Lipinski definition) is 7. The van der Waals surface area contributed by atoms with Gasteiger partial charge in [-0.05, 0) is 12.1 Å². The molecular weight excluding hydrogens is 386 g/mol. The summed E-state index contributed by atoms with van der Waals surface area (Å²) in [6.07, 6.45) is 0. The smallest absolute Gasteiger partial charge is 0.273 e. The van der Waals surface area contributed by atoms with Crippen molar-refractivity contribution in [3.05, 3.63) is 40.7 Å². The van der Waals surface area contributed by atoms with Crippen molar-refractivity contribution < 1.29 is 23.2 Å². The second-order valence-electron chi connectivity index (χ2n) is 5.80. The maximum Gasteiger partial charge on any atom is 0.273 e. The summed E-state index contributed by atoms with van der Waals surface area (Å²) in [6, 6.07) is 6.23. The number of anilines is 2. The van der Waals surface area contributed by atoms with E-state index >= 15 is 0 Å². The molecule has 2 heterocycles. The van der Waals surface area contributed by atoms with Crippen LogP contribution in [0.3, 0.4) is 0 Å². The summed E-state index contributed by atoms with van der Waals surface area (Å²) >= 11 is 5.92. The first-order chi connectivity index (χ1) is 14.7. The quantitative estimate of drug-likeness (QED) is 0.775. The fourth-order valence-electron chi connectivity index (χ4n) is 2.80. The van der Waals surface area contributed by atoms with Gasteiger partial charge in [0.1, 0.15) is 0 Å². The van der Waals surface area contributed by atoms with Crippen molar-refractivity contribution in [3.8, 4) is 5.75 Å². The zero-order chi connectivity index (χ0) is 22.6. The Morgan fingerprint density at radius 2 is 2.07 bits per heavy atom. The van der Waals surface area contributed by atoms with Crippen LogP contribution in [0.2, 0.25) is 5.15 Å². The predicted molar refractivity (Wildman–Crippen MR) is 103 cm³/mol. The second-order valence-corrected chi connectivity index (χ2v) is 6.19. The summed E-state index contributed by atoms with van der Waals surface area (Å²) in [5.74, 6) is -0.949. The van der Waals surface area contributed by atoms with Gasteiger partial charge in [0, 0.05) is 30.2 Å². The van der Waals surface area contributed by atoms with Gasteiger partial charge in [-0.25, -0.2) is 0 Å². The van der Waals surface area contributed by atoms with Gasteiger partial charge in [-0.3, -0.25) is 9.59 Å². The van der Waals surface area contributed by atoms with Crippen LogP contribution in [-0.4, -0.2) is 67.3 Å². The Morgan fingerprint density at radius 3 is 2.79 bits per heavy atom. The van der Waals surface area contributed by atoms with Crippen LogP contribution in [0.15, 0.2) is 24.3 Å². The third-order valence-corrected chi connectivity index (χ3v) is 4.29. The molecule has 0 atom stereocenters. The van der Waals surface area contributed by atoms with E-state index in [9.17, 15) is 9.59 Å². The minimum atomic E-state index is -2.71. The lowest BCUT2D eigenvalue weighted by atomic mass is 10.1. The van der Waals surface area contributed by atoms with E-state index in [1.165, 1.54) is 13.2 Å². The van der Waals surface area contributed by atoms with E-state index in [-0.39, 0.29) is 28.2 Å². The fraction of sp³-hybridized carbons (Fsp3) is 0.333. The minimum absolute atomic E-state index is 0.0209. The number of amides is 2. The van der Waals surface area contributed by atoms with Crippen LogP contribution < -0.4 is 15.4 Å². The van der Waals surface area contributed by atoms with Crippen molar-refractivity contribution in [2.45, 2.75) is 0 Å². The molecule has 0 saturated carbocycles. The third kappa shape index (κ3) is 4.15. The van der Waals surface area contributed by atoms with Gasteiger partial charge in [0.25, 0.3) is 11.8 Å². The van der Waals surface area contributed by atoms with Crippen LogP contribution in [0, 0.1) is 0 Å². The molecule has 3 rings (SSSR count). The SMILES string of the molecule is [2H]C([2H])([2H])NC(=O)c1nnc(Cl)cc1Nc1cccc(C(=O)N2CCOCC2)c1OC. The minimum Gasteiger partial charge on any atom is -0.494 e. The Balaban J connectivity index is 1.95. The van der Waals surface area contributed by atoms with E-state index in [1.54, 1.807) is 23.1 Å². The van der Waals surface area contributed by atoms with Crippen LogP contribution in [0.1, 0.15) is 25.0 Å². The molecule has 9 nitrogen and oxygen atoms in total. The van der Waals surface area contributed by atoms with Gasteiger partial charge in [0.05, 0.1) is 37.3 Å². The number of para-hydroxylation sites is 1. The zero-order valence-corrected chi connectivity index (χ0v) is 15.7. The largest absolute Gasteiger partial charge is 0.494 e. The van der Waals surface area contributed by atoms with E-state index in [1.807, 2.05) is 5.32 Å². The lowest BCUT2D eigenvalue weighted by molar-refractivity contribution is 0.0301. The van der Waals surface area contributed by atoms with Crippen molar-refractivity contribution in [2.75, 3.05) is 45.7 Å². The standard InChI is InChI=1S/C18H20ClN5O4/c1-20-17(25)15-13(10-14(19)22-23-15)21-12-5-3-4-11(16(12)27-2)18(26)24-6-8-28-9-7-24/h3-5,10H,6-9H2,1-2H3,(H,20,25)(H,21,22)/i1D3. The Hall–Kier alpha value is -2.91. The Bertz CT molecular complexity index is 983. The van der Waals surface area contributed by atoms with Crippen LogP contribution in [-0.2, 0) is 4.74 Å². The molecule has 2 aromatic rings. The molecule has 1 aliphatic heterocycles. The predicted octanol–water partition coefficient (Wildman–Crippen LogP) is 1.71. The molecule has 1 saturated heterocycles. The van der Waals surface area contributed by atoms with Gasteiger partial charge in [-0.15, -0.1) is 10.2 Å². The van der Waals surface area contributed by atoms with E-state index < -0.39 is 12.9 Å². The number of methoxy groups -OCH3 is 1. The first kappa shape index (κ1) is 16.1. The number of benzene rings is 1. The highest BCUT2D eigenvalue weighted by Gasteiger charge is 2.24. The normalized spacial score (nSPS) is 15.8. The van der Waals surface area contributed by atoms with E-state index in [0.29, 0.717) is 37.6 Å². The average molecular weight is 409 g/mol.